The number of hydrogen-bond donors (Lipinski definition) is 0. The number of nitrogens with zero attached hydrogens (tertiary/aromatic N) is 1. The molecule has 0 bridgehead atoms. The van der Waals surface area contributed by atoms with E-state index in [1.165, 1.54) is 107 Å². The van der Waals surface area contributed by atoms with E-state index in [4.69, 9.17) is 0 Å². The molecule has 6 aliphatic rings. The van der Waals surface area contributed by atoms with E-state index in [2.05, 4.69) is 203 Å². The zero-order valence-electron chi connectivity index (χ0n) is 37.4. The van der Waals surface area contributed by atoms with Crippen LogP contribution in [0.4, 0.5) is 17.1 Å². The Morgan fingerprint density at radius 2 is 1.27 bits per heavy atom. The van der Waals surface area contributed by atoms with Gasteiger partial charge in [0.25, 0.3) is 0 Å². The SMILES string of the molecule is Cc1cc(-c2ccc(-c3ccccc3)cc2)ccc1N(c1ccc(C2=CC=C3C4=C(CCC=C4)C(C)(C)C3C2)cc1)c1ccc2c(c1)C(C)(C)c1ccc3c(c1-2)CC1=C3CCC=C1. The fraction of sp³-hybridized carbons (Fsp3) is 0.226. The first-order valence-corrected chi connectivity index (χ1v) is 23.3. The highest BCUT2D eigenvalue weighted by molar-refractivity contribution is 5.93. The van der Waals surface area contributed by atoms with Crippen LogP contribution >= 0.6 is 0 Å². The standard InChI is InChI=1S/C62H55N/c1-39-35-44(42-21-19-41(20-22-42)40-13-7-6-8-14-40)26-34-59(39)63(47-27-23-43(24-28-47)45-25-30-52-51-17-11-12-18-55(51)61(2,3)57(52)37-45)48-29-31-53-58(38-48)62(4,5)56-33-32-50-49-16-10-9-15-46(49)36-54(50)60(53)56/h6-9,11,13-15,17,19-35,38,57H,10,12,16,18,36-37H2,1-5H3. The first kappa shape index (κ1) is 38.3. The van der Waals surface area contributed by atoms with Crippen molar-refractivity contribution in [3.63, 3.8) is 0 Å². The van der Waals surface area contributed by atoms with Gasteiger partial charge in [-0.2, -0.15) is 0 Å². The van der Waals surface area contributed by atoms with Gasteiger partial charge in [0.15, 0.2) is 0 Å². The summed E-state index contributed by atoms with van der Waals surface area (Å²) in [5.74, 6) is 0.523. The highest BCUT2D eigenvalue weighted by Gasteiger charge is 2.45. The average molecular weight is 814 g/mol. The lowest BCUT2D eigenvalue weighted by molar-refractivity contribution is 0.325. The maximum absolute atomic E-state index is 2.51. The van der Waals surface area contributed by atoms with Crippen LogP contribution in [0.25, 0.3) is 44.5 Å². The van der Waals surface area contributed by atoms with Crippen molar-refractivity contribution in [1.29, 1.82) is 0 Å². The fourth-order valence-corrected chi connectivity index (χ4v) is 12.3. The molecule has 0 spiro atoms. The van der Waals surface area contributed by atoms with E-state index < -0.39 is 0 Å². The van der Waals surface area contributed by atoms with Crippen LogP contribution in [0.2, 0.25) is 0 Å². The minimum Gasteiger partial charge on any atom is -0.310 e. The summed E-state index contributed by atoms with van der Waals surface area (Å²) in [6, 6.07) is 48.4. The van der Waals surface area contributed by atoms with Crippen molar-refractivity contribution in [2.24, 2.45) is 11.3 Å². The lowest BCUT2D eigenvalue weighted by Gasteiger charge is -2.34. The molecule has 12 rings (SSSR count). The summed E-state index contributed by atoms with van der Waals surface area (Å²) in [7, 11) is 0. The monoisotopic (exact) mass is 813 g/mol. The van der Waals surface area contributed by atoms with Crippen molar-refractivity contribution in [3.05, 3.63) is 220 Å². The maximum atomic E-state index is 2.51. The van der Waals surface area contributed by atoms with Crippen molar-refractivity contribution in [2.45, 2.75) is 78.6 Å². The minimum absolute atomic E-state index is 0.118. The molecule has 63 heavy (non-hydrogen) atoms. The number of fused-ring (bicyclic) bond motifs is 8. The van der Waals surface area contributed by atoms with Gasteiger partial charge in [-0.25, -0.2) is 0 Å². The Morgan fingerprint density at radius 1 is 0.587 bits per heavy atom. The van der Waals surface area contributed by atoms with Crippen LogP contribution in [-0.2, 0) is 11.8 Å². The van der Waals surface area contributed by atoms with Crippen LogP contribution < -0.4 is 4.90 Å². The van der Waals surface area contributed by atoms with E-state index >= 15 is 0 Å². The molecule has 1 nitrogen and oxygen atoms in total. The second kappa shape index (κ2) is 14.3. The third kappa shape index (κ3) is 5.96. The van der Waals surface area contributed by atoms with Gasteiger partial charge in [0.05, 0.1) is 0 Å². The van der Waals surface area contributed by atoms with E-state index in [1.54, 1.807) is 16.7 Å². The Balaban J connectivity index is 0.932. The third-order valence-corrected chi connectivity index (χ3v) is 15.8. The number of allylic oxidation sites excluding steroid dienone is 12. The number of benzene rings is 6. The van der Waals surface area contributed by atoms with E-state index in [0.29, 0.717) is 5.92 Å². The second-order valence-corrected chi connectivity index (χ2v) is 19.9. The molecule has 0 fully saturated rings. The molecular weight excluding hydrogens is 759 g/mol. The van der Waals surface area contributed by atoms with Crippen LogP contribution in [-0.4, -0.2) is 0 Å². The van der Waals surface area contributed by atoms with Gasteiger partial charge >= 0.3 is 0 Å². The van der Waals surface area contributed by atoms with E-state index in [9.17, 15) is 0 Å². The molecule has 1 unspecified atom stereocenters. The Bertz CT molecular complexity index is 3080. The van der Waals surface area contributed by atoms with Gasteiger partial charge in [-0.1, -0.05) is 161 Å². The van der Waals surface area contributed by atoms with Gasteiger partial charge in [0.2, 0.25) is 0 Å². The smallest absolute Gasteiger partial charge is 0.0491 e. The summed E-state index contributed by atoms with van der Waals surface area (Å²) in [6.07, 6.45) is 21.1. The summed E-state index contributed by atoms with van der Waals surface area (Å²) < 4.78 is 0. The van der Waals surface area contributed by atoms with E-state index in [0.717, 1.165) is 32.1 Å². The molecule has 6 aliphatic carbocycles. The Hall–Kier alpha value is -6.44. The third-order valence-electron chi connectivity index (χ3n) is 15.8. The van der Waals surface area contributed by atoms with Gasteiger partial charge in [0.1, 0.15) is 0 Å². The minimum atomic E-state index is -0.118. The van der Waals surface area contributed by atoms with Crippen molar-refractivity contribution >= 4 is 28.2 Å². The fourth-order valence-electron chi connectivity index (χ4n) is 12.3. The van der Waals surface area contributed by atoms with Gasteiger partial charge < -0.3 is 4.90 Å². The molecule has 0 aliphatic heterocycles. The predicted molar refractivity (Wildman–Crippen MR) is 267 cm³/mol. The largest absolute Gasteiger partial charge is 0.310 e. The molecule has 0 amide bonds. The Morgan fingerprint density at radius 3 is 2.06 bits per heavy atom. The van der Waals surface area contributed by atoms with Crippen LogP contribution in [0.3, 0.4) is 0 Å². The van der Waals surface area contributed by atoms with E-state index in [-0.39, 0.29) is 10.8 Å². The molecule has 6 aromatic rings. The average Bonchev–Trinajstić information content (AvgIpc) is 3.89. The molecule has 1 heteroatoms. The topological polar surface area (TPSA) is 3.24 Å². The molecule has 0 heterocycles. The zero-order valence-corrected chi connectivity index (χ0v) is 37.4. The maximum Gasteiger partial charge on any atom is 0.0491 e. The summed E-state index contributed by atoms with van der Waals surface area (Å²) in [5, 5.41) is 0. The number of aryl methyl sites for hydroxylation is 1. The van der Waals surface area contributed by atoms with Gasteiger partial charge in [-0.15, -0.1) is 0 Å². The number of anilines is 3. The van der Waals surface area contributed by atoms with Crippen molar-refractivity contribution in [1.82, 2.24) is 0 Å². The molecule has 0 N–H and O–H groups in total. The quantitative estimate of drug-likeness (QED) is 0.162. The number of rotatable bonds is 6. The molecule has 1 atom stereocenters. The van der Waals surface area contributed by atoms with Crippen LogP contribution in [0.15, 0.2) is 186 Å². The first-order valence-electron chi connectivity index (χ1n) is 23.3. The molecule has 0 saturated heterocycles. The molecule has 0 aromatic heterocycles. The van der Waals surface area contributed by atoms with Crippen LogP contribution in [0.5, 0.6) is 0 Å². The summed E-state index contributed by atoms with van der Waals surface area (Å²) in [6.45, 7) is 12.1. The zero-order chi connectivity index (χ0) is 42.6. The molecule has 6 aromatic carbocycles. The number of hydrogen-bond acceptors (Lipinski definition) is 1. The van der Waals surface area contributed by atoms with Crippen molar-refractivity contribution in [2.75, 3.05) is 4.90 Å². The molecular formula is C62H55N. The van der Waals surface area contributed by atoms with Crippen molar-refractivity contribution in [3.8, 4) is 33.4 Å². The Labute approximate surface area is 374 Å². The van der Waals surface area contributed by atoms with E-state index in [1.807, 2.05) is 0 Å². The molecule has 0 radical (unpaired) electrons. The lowest BCUT2D eigenvalue weighted by atomic mass is 9.70. The lowest BCUT2D eigenvalue weighted by Crippen LogP contribution is -2.23. The first-order chi connectivity index (χ1) is 30.6. The van der Waals surface area contributed by atoms with Crippen LogP contribution in [0.1, 0.15) is 93.2 Å². The van der Waals surface area contributed by atoms with Gasteiger partial charge in [-0.05, 0) is 188 Å². The summed E-state index contributed by atoms with van der Waals surface area (Å²) >= 11 is 0. The summed E-state index contributed by atoms with van der Waals surface area (Å²) in [5.41, 5.74) is 29.2. The van der Waals surface area contributed by atoms with Crippen LogP contribution in [0, 0.1) is 18.3 Å². The highest BCUT2D eigenvalue weighted by Crippen LogP contribution is 2.58. The van der Waals surface area contributed by atoms with Gasteiger partial charge in [0, 0.05) is 22.5 Å². The predicted octanol–water partition coefficient (Wildman–Crippen LogP) is 16.8. The highest BCUT2D eigenvalue weighted by atomic mass is 15.1. The summed E-state index contributed by atoms with van der Waals surface area (Å²) in [4.78, 5) is 2.51. The Kier molecular flexibility index (Phi) is 8.68. The molecule has 0 saturated carbocycles. The normalized spacial score (nSPS) is 19.5. The van der Waals surface area contributed by atoms with Crippen molar-refractivity contribution < 1.29 is 0 Å². The second-order valence-electron chi connectivity index (χ2n) is 19.9. The molecule has 308 valence electrons. The van der Waals surface area contributed by atoms with Gasteiger partial charge in [-0.3, -0.25) is 0 Å².